The van der Waals surface area contributed by atoms with E-state index in [9.17, 15) is 26.3 Å². The Hall–Kier alpha value is -2.06. The van der Waals surface area contributed by atoms with Gasteiger partial charge in [0.2, 0.25) is 0 Å². The number of aryl methyl sites for hydroxylation is 1. The zero-order valence-electron chi connectivity index (χ0n) is 9.80. The van der Waals surface area contributed by atoms with E-state index in [1.165, 1.54) is 6.92 Å². The molecule has 0 unspecified atom stereocenters. The highest BCUT2D eigenvalue weighted by Crippen LogP contribution is 2.40. The van der Waals surface area contributed by atoms with Gasteiger partial charge in [0, 0.05) is 0 Å². The van der Waals surface area contributed by atoms with Gasteiger partial charge in [0.1, 0.15) is 0 Å². The van der Waals surface area contributed by atoms with Crippen molar-refractivity contribution in [3.8, 4) is 11.5 Å². The Labute approximate surface area is 108 Å². The first-order valence-electron chi connectivity index (χ1n) is 5.18. The van der Waals surface area contributed by atoms with Gasteiger partial charge in [0.25, 0.3) is 5.89 Å². The summed E-state index contributed by atoms with van der Waals surface area (Å²) in [6.45, 7) is 1.34. The summed E-state index contributed by atoms with van der Waals surface area (Å²) in [6.07, 6.45) is -9.60. The number of benzene rings is 1. The molecule has 1 aromatic heterocycles. The van der Waals surface area contributed by atoms with Gasteiger partial charge in [-0.1, -0.05) is 5.16 Å². The van der Waals surface area contributed by atoms with Crippen LogP contribution >= 0.6 is 0 Å². The molecule has 9 heteroatoms. The lowest BCUT2D eigenvalue weighted by molar-refractivity contribution is -0.141. The highest BCUT2D eigenvalue weighted by molar-refractivity contribution is 5.61. The van der Waals surface area contributed by atoms with Crippen molar-refractivity contribution in [1.82, 2.24) is 10.1 Å². The first-order valence-corrected chi connectivity index (χ1v) is 5.18. The fraction of sp³-hybridized carbons (Fsp3) is 0.273. The molecule has 0 bridgehead atoms. The van der Waals surface area contributed by atoms with Crippen molar-refractivity contribution in [2.75, 3.05) is 0 Å². The second-order valence-corrected chi connectivity index (χ2v) is 3.90. The van der Waals surface area contributed by atoms with Gasteiger partial charge < -0.3 is 4.52 Å². The van der Waals surface area contributed by atoms with E-state index >= 15 is 0 Å². The molecular formula is C11H6F6N2O. The smallest absolute Gasteiger partial charge is 0.334 e. The van der Waals surface area contributed by atoms with Crippen LogP contribution in [0.15, 0.2) is 22.7 Å². The number of alkyl halides is 6. The molecule has 1 heterocycles. The topological polar surface area (TPSA) is 38.9 Å². The van der Waals surface area contributed by atoms with Crippen LogP contribution < -0.4 is 0 Å². The fourth-order valence-electron chi connectivity index (χ4n) is 1.55. The van der Waals surface area contributed by atoms with Crippen LogP contribution in [0.1, 0.15) is 17.0 Å². The van der Waals surface area contributed by atoms with Crippen molar-refractivity contribution in [2.45, 2.75) is 19.3 Å². The molecule has 0 spiro atoms. The molecule has 108 valence electrons. The minimum Gasteiger partial charge on any atom is -0.334 e. The predicted octanol–water partition coefficient (Wildman–Crippen LogP) is 4.08. The average molecular weight is 296 g/mol. The minimum atomic E-state index is -4.83. The van der Waals surface area contributed by atoms with Crippen LogP contribution in [0.3, 0.4) is 0 Å². The van der Waals surface area contributed by atoms with E-state index < -0.39 is 34.9 Å². The summed E-state index contributed by atoms with van der Waals surface area (Å²) in [5.41, 5.74) is -3.29. The molecule has 0 aliphatic heterocycles. The summed E-state index contributed by atoms with van der Waals surface area (Å²) in [5.74, 6) is -0.591. The Morgan fingerprint density at radius 3 is 2.10 bits per heavy atom. The summed E-state index contributed by atoms with van der Waals surface area (Å²) >= 11 is 0. The Morgan fingerprint density at radius 2 is 1.65 bits per heavy atom. The van der Waals surface area contributed by atoms with E-state index in [-0.39, 0.29) is 5.82 Å². The van der Waals surface area contributed by atoms with E-state index in [4.69, 9.17) is 0 Å². The molecule has 2 aromatic rings. The number of halogens is 6. The molecule has 20 heavy (non-hydrogen) atoms. The molecule has 3 nitrogen and oxygen atoms in total. The first kappa shape index (κ1) is 14.4. The number of hydrogen-bond donors (Lipinski definition) is 0. The molecule has 0 aliphatic rings. The molecule has 0 amide bonds. The molecule has 0 aliphatic carbocycles. The lowest BCUT2D eigenvalue weighted by atomic mass is 10.0. The van der Waals surface area contributed by atoms with Crippen LogP contribution in [-0.4, -0.2) is 10.1 Å². The second-order valence-electron chi connectivity index (χ2n) is 3.90. The van der Waals surface area contributed by atoms with Gasteiger partial charge in [0.05, 0.1) is 16.7 Å². The van der Waals surface area contributed by atoms with Crippen LogP contribution in [-0.2, 0) is 12.4 Å². The molecule has 1 aromatic carbocycles. The van der Waals surface area contributed by atoms with Crippen molar-refractivity contribution in [3.63, 3.8) is 0 Å². The number of nitrogens with zero attached hydrogens (tertiary/aromatic N) is 2. The number of rotatable bonds is 1. The normalized spacial score (nSPS) is 12.8. The molecule has 2 rings (SSSR count). The minimum absolute atomic E-state index is 0.0190. The summed E-state index contributed by atoms with van der Waals surface area (Å²) in [5, 5.41) is 3.27. The third-order valence-electron chi connectivity index (χ3n) is 2.41. The number of hydrogen-bond acceptors (Lipinski definition) is 3. The Kier molecular flexibility index (Phi) is 3.23. The fourth-order valence-corrected chi connectivity index (χ4v) is 1.55. The summed E-state index contributed by atoms with van der Waals surface area (Å²) in [4.78, 5) is 3.53. The molecule has 0 saturated heterocycles. The second kappa shape index (κ2) is 4.50. The van der Waals surface area contributed by atoms with Crippen molar-refractivity contribution >= 4 is 0 Å². The van der Waals surface area contributed by atoms with Crippen LogP contribution in [0, 0.1) is 6.92 Å². The third-order valence-corrected chi connectivity index (χ3v) is 2.41. The van der Waals surface area contributed by atoms with Gasteiger partial charge in [0.15, 0.2) is 5.82 Å². The van der Waals surface area contributed by atoms with E-state index in [1.54, 1.807) is 0 Å². The maximum atomic E-state index is 12.8. The van der Waals surface area contributed by atoms with Gasteiger partial charge in [-0.3, -0.25) is 0 Å². The maximum Gasteiger partial charge on any atom is 0.417 e. The van der Waals surface area contributed by atoms with E-state index in [0.717, 1.165) is 0 Å². The van der Waals surface area contributed by atoms with Gasteiger partial charge >= 0.3 is 12.4 Å². The Morgan fingerprint density at radius 1 is 1.00 bits per heavy atom. The van der Waals surface area contributed by atoms with E-state index in [2.05, 4.69) is 14.7 Å². The highest BCUT2D eigenvalue weighted by Gasteiger charge is 2.38. The highest BCUT2D eigenvalue weighted by atomic mass is 19.4. The van der Waals surface area contributed by atoms with Crippen LogP contribution in [0.5, 0.6) is 0 Å². The van der Waals surface area contributed by atoms with Crippen LogP contribution in [0.2, 0.25) is 0 Å². The first-order chi connectivity index (χ1) is 9.09. The molecular weight excluding hydrogens is 290 g/mol. The zero-order chi connectivity index (χ0) is 15.1. The molecule has 0 atom stereocenters. The van der Waals surface area contributed by atoms with E-state index in [0.29, 0.717) is 18.2 Å². The zero-order valence-corrected chi connectivity index (χ0v) is 9.80. The van der Waals surface area contributed by atoms with E-state index in [1.807, 2.05) is 0 Å². The standard InChI is InChI=1S/C11H6F6N2O/c1-5-18-9(20-19-5)7-4-6(10(12,13)14)2-3-8(7)11(15,16)17/h2-4H,1H3. The molecule has 0 N–H and O–H groups in total. The Balaban J connectivity index is 2.66. The summed E-state index contributed by atoms with van der Waals surface area (Å²) in [6, 6.07) is 1.04. The van der Waals surface area contributed by atoms with Gasteiger partial charge in [-0.15, -0.1) is 0 Å². The van der Waals surface area contributed by atoms with Gasteiger partial charge in [-0.25, -0.2) is 0 Å². The lowest BCUT2D eigenvalue weighted by Crippen LogP contribution is -2.11. The third kappa shape index (κ3) is 2.75. The average Bonchev–Trinajstić information content (AvgIpc) is 2.72. The SMILES string of the molecule is Cc1noc(-c2cc(C(F)(F)F)ccc2C(F)(F)F)n1. The van der Waals surface area contributed by atoms with Crippen LogP contribution in [0.4, 0.5) is 26.3 Å². The maximum absolute atomic E-state index is 12.8. The lowest BCUT2D eigenvalue weighted by Gasteiger charge is -2.13. The molecule has 0 radical (unpaired) electrons. The van der Waals surface area contributed by atoms with Crippen molar-refractivity contribution in [2.24, 2.45) is 0 Å². The van der Waals surface area contributed by atoms with Gasteiger partial charge in [-0.05, 0) is 25.1 Å². The monoisotopic (exact) mass is 296 g/mol. The van der Waals surface area contributed by atoms with Crippen molar-refractivity contribution < 1.29 is 30.9 Å². The van der Waals surface area contributed by atoms with Crippen molar-refractivity contribution in [3.05, 3.63) is 35.2 Å². The quantitative estimate of drug-likeness (QED) is 0.744. The molecule has 0 fully saturated rings. The number of aromatic nitrogens is 2. The van der Waals surface area contributed by atoms with Crippen LogP contribution in [0.25, 0.3) is 11.5 Å². The largest absolute Gasteiger partial charge is 0.417 e. The van der Waals surface area contributed by atoms with Gasteiger partial charge in [-0.2, -0.15) is 31.3 Å². The Bertz CT molecular complexity index is 629. The molecule has 0 saturated carbocycles. The summed E-state index contributed by atoms with van der Waals surface area (Å²) in [7, 11) is 0. The summed E-state index contributed by atoms with van der Waals surface area (Å²) < 4.78 is 80.6. The van der Waals surface area contributed by atoms with Crippen molar-refractivity contribution in [1.29, 1.82) is 0 Å². The predicted molar refractivity (Wildman–Crippen MR) is 54.5 cm³/mol.